The third-order valence-electron chi connectivity index (χ3n) is 4.18. The fourth-order valence-corrected chi connectivity index (χ4v) is 2.46. The Morgan fingerprint density at radius 1 is 0.962 bits per heavy atom. The molecule has 1 atom stereocenters. The van der Waals surface area contributed by atoms with Gasteiger partial charge < -0.3 is 15.7 Å². The lowest BCUT2D eigenvalue weighted by Gasteiger charge is -2.14. The van der Waals surface area contributed by atoms with Gasteiger partial charge in [-0.05, 0) is 42.7 Å². The molecule has 0 bridgehead atoms. The van der Waals surface area contributed by atoms with Gasteiger partial charge in [-0.3, -0.25) is 14.4 Å². The van der Waals surface area contributed by atoms with E-state index in [0.717, 1.165) is 11.1 Å². The maximum absolute atomic E-state index is 12.1. The van der Waals surface area contributed by atoms with Gasteiger partial charge in [-0.15, -0.1) is 0 Å². The van der Waals surface area contributed by atoms with Crippen LogP contribution in [-0.4, -0.2) is 36.0 Å². The minimum Gasteiger partial charge on any atom is -0.481 e. The van der Waals surface area contributed by atoms with Crippen molar-refractivity contribution in [2.75, 3.05) is 13.1 Å². The van der Waals surface area contributed by atoms with Crippen LogP contribution in [0.25, 0.3) is 0 Å². The number of rotatable bonds is 7. The van der Waals surface area contributed by atoms with Crippen LogP contribution in [-0.2, 0) is 9.59 Å². The summed E-state index contributed by atoms with van der Waals surface area (Å²) in [5.74, 6) is -2.64. The van der Waals surface area contributed by atoms with Crippen molar-refractivity contribution in [1.82, 2.24) is 10.6 Å². The molecule has 0 aliphatic carbocycles. The van der Waals surface area contributed by atoms with Crippen LogP contribution in [0.3, 0.4) is 0 Å². The van der Waals surface area contributed by atoms with E-state index in [4.69, 9.17) is 0 Å². The van der Waals surface area contributed by atoms with Crippen molar-refractivity contribution >= 4 is 17.8 Å². The van der Waals surface area contributed by atoms with Crippen LogP contribution in [0.2, 0.25) is 0 Å². The highest BCUT2D eigenvalue weighted by atomic mass is 16.4. The molecule has 0 fully saturated rings. The first-order valence-corrected chi connectivity index (χ1v) is 8.28. The molecule has 0 aromatic heterocycles. The van der Waals surface area contributed by atoms with Gasteiger partial charge in [0.1, 0.15) is 0 Å². The van der Waals surface area contributed by atoms with Crippen LogP contribution in [0.15, 0.2) is 48.5 Å². The van der Waals surface area contributed by atoms with Gasteiger partial charge in [0, 0.05) is 12.1 Å². The highest BCUT2D eigenvalue weighted by Gasteiger charge is 2.20. The molecular formula is C20H22N2O4. The zero-order valence-electron chi connectivity index (χ0n) is 14.8. The third kappa shape index (κ3) is 5.17. The smallest absolute Gasteiger partial charge is 0.312 e. The minimum absolute atomic E-state index is 0.0440. The molecule has 1 unspecified atom stereocenters. The van der Waals surface area contributed by atoms with Gasteiger partial charge in [-0.25, -0.2) is 0 Å². The second kappa shape index (κ2) is 8.80. The summed E-state index contributed by atoms with van der Waals surface area (Å²) < 4.78 is 0. The number of amides is 2. The molecule has 6 nitrogen and oxygen atoms in total. The van der Waals surface area contributed by atoms with E-state index in [1.165, 1.54) is 0 Å². The van der Waals surface area contributed by atoms with Crippen molar-refractivity contribution in [3.05, 3.63) is 70.8 Å². The van der Waals surface area contributed by atoms with Crippen LogP contribution in [0, 0.1) is 13.8 Å². The Bertz CT molecular complexity index is 803. The quantitative estimate of drug-likeness (QED) is 0.709. The number of carboxylic acids is 1. The Balaban J connectivity index is 1.87. The number of carbonyl (C=O) groups is 3. The molecule has 0 heterocycles. The Labute approximate surface area is 152 Å². The van der Waals surface area contributed by atoms with E-state index >= 15 is 0 Å². The van der Waals surface area contributed by atoms with Gasteiger partial charge in [0.2, 0.25) is 5.91 Å². The van der Waals surface area contributed by atoms with Gasteiger partial charge in [-0.2, -0.15) is 0 Å². The molecule has 3 N–H and O–H groups in total. The number of benzene rings is 2. The average molecular weight is 354 g/mol. The fraction of sp³-hybridized carbons (Fsp3) is 0.250. The molecule has 2 aromatic rings. The second-order valence-corrected chi connectivity index (χ2v) is 6.09. The number of hydrogen-bond acceptors (Lipinski definition) is 3. The molecular weight excluding hydrogens is 332 g/mol. The van der Waals surface area contributed by atoms with E-state index < -0.39 is 17.8 Å². The van der Waals surface area contributed by atoms with E-state index in [0.29, 0.717) is 11.1 Å². The first-order valence-electron chi connectivity index (χ1n) is 8.28. The summed E-state index contributed by atoms with van der Waals surface area (Å²) in [6.45, 7) is 3.61. The number of carboxylic acid groups (broad SMARTS) is 1. The fourth-order valence-electron chi connectivity index (χ4n) is 2.46. The predicted molar refractivity (Wildman–Crippen MR) is 98.1 cm³/mol. The van der Waals surface area contributed by atoms with Gasteiger partial charge in [0.15, 0.2) is 0 Å². The minimum atomic E-state index is -1.02. The van der Waals surface area contributed by atoms with E-state index in [1.54, 1.807) is 42.5 Å². The highest BCUT2D eigenvalue weighted by Crippen LogP contribution is 2.14. The Morgan fingerprint density at radius 2 is 1.65 bits per heavy atom. The molecule has 2 rings (SSSR count). The van der Waals surface area contributed by atoms with Crippen molar-refractivity contribution in [2.45, 2.75) is 19.8 Å². The van der Waals surface area contributed by atoms with E-state index in [2.05, 4.69) is 10.6 Å². The summed E-state index contributed by atoms with van der Waals surface area (Å²) in [6, 6.07) is 14.0. The van der Waals surface area contributed by atoms with Gasteiger partial charge in [0.25, 0.3) is 5.91 Å². The van der Waals surface area contributed by atoms with Gasteiger partial charge >= 0.3 is 5.97 Å². The number of hydrogen-bond donors (Lipinski definition) is 3. The second-order valence-electron chi connectivity index (χ2n) is 6.09. The van der Waals surface area contributed by atoms with Crippen molar-refractivity contribution in [3.8, 4) is 0 Å². The molecule has 0 aliphatic rings. The predicted octanol–water partition coefficient (Wildman–Crippen LogP) is 2.02. The van der Waals surface area contributed by atoms with Crippen LogP contribution in [0.4, 0.5) is 0 Å². The van der Waals surface area contributed by atoms with Crippen LogP contribution in [0.5, 0.6) is 0 Å². The first kappa shape index (κ1) is 19.2. The number of aryl methyl sites for hydroxylation is 2. The largest absolute Gasteiger partial charge is 0.481 e. The van der Waals surface area contributed by atoms with Crippen LogP contribution >= 0.6 is 0 Å². The molecule has 0 saturated heterocycles. The SMILES string of the molecule is Cc1ccc(C(=O)NCC(=O)NCC(C(=O)O)c2ccccc2)cc1C. The molecule has 2 amide bonds. The highest BCUT2D eigenvalue weighted by molar-refractivity contribution is 5.96. The number of nitrogens with one attached hydrogen (secondary N) is 2. The number of aliphatic carboxylic acids is 1. The first-order chi connectivity index (χ1) is 12.4. The summed E-state index contributed by atoms with van der Waals surface area (Å²) in [7, 11) is 0. The van der Waals surface area contributed by atoms with Crippen LogP contribution in [0.1, 0.15) is 33.0 Å². The molecule has 6 heteroatoms. The van der Waals surface area contributed by atoms with Gasteiger partial charge in [0.05, 0.1) is 12.5 Å². The van der Waals surface area contributed by atoms with Crippen molar-refractivity contribution in [3.63, 3.8) is 0 Å². The number of carbonyl (C=O) groups excluding carboxylic acids is 2. The lowest BCUT2D eigenvalue weighted by Crippen LogP contribution is -2.39. The monoisotopic (exact) mass is 354 g/mol. The van der Waals surface area contributed by atoms with Crippen molar-refractivity contribution in [1.29, 1.82) is 0 Å². The lowest BCUT2D eigenvalue weighted by atomic mass is 9.99. The lowest BCUT2D eigenvalue weighted by molar-refractivity contribution is -0.138. The normalized spacial score (nSPS) is 11.5. The molecule has 136 valence electrons. The average Bonchev–Trinajstić information content (AvgIpc) is 2.62. The summed E-state index contributed by atoms with van der Waals surface area (Å²) in [5.41, 5.74) is 3.17. The van der Waals surface area contributed by atoms with E-state index in [9.17, 15) is 19.5 Å². The van der Waals surface area contributed by atoms with E-state index in [-0.39, 0.29) is 19.0 Å². The molecule has 0 saturated carbocycles. The van der Waals surface area contributed by atoms with Crippen molar-refractivity contribution < 1.29 is 19.5 Å². The maximum Gasteiger partial charge on any atom is 0.312 e. The molecule has 0 aliphatic heterocycles. The Hall–Kier alpha value is -3.15. The standard InChI is InChI=1S/C20H22N2O4/c1-13-8-9-16(10-14(13)2)19(24)22-12-18(23)21-11-17(20(25)26)15-6-4-3-5-7-15/h3-10,17H,11-12H2,1-2H3,(H,21,23)(H,22,24)(H,25,26). The van der Waals surface area contributed by atoms with E-state index in [1.807, 2.05) is 19.9 Å². The third-order valence-corrected chi connectivity index (χ3v) is 4.18. The molecule has 0 spiro atoms. The molecule has 2 aromatic carbocycles. The molecule has 26 heavy (non-hydrogen) atoms. The van der Waals surface area contributed by atoms with Crippen LogP contribution < -0.4 is 10.6 Å². The summed E-state index contributed by atoms with van der Waals surface area (Å²) >= 11 is 0. The van der Waals surface area contributed by atoms with Crippen molar-refractivity contribution in [2.24, 2.45) is 0 Å². The zero-order valence-corrected chi connectivity index (χ0v) is 14.8. The zero-order chi connectivity index (χ0) is 19.1. The topological polar surface area (TPSA) is 95.5 Å². The maximum atomic E-state index is 12.1. The summed E-state index contributed by atoms with van der Waals surface area (Å²) in [5, 5.41) is 14.4. The Morgan fingerprint density at radius 3 is 2.27 bits per heavy atom. The van der Waals surface area contributed by atoms with Gasteiger partial charge in [-0.1, -0.05) is 36.4 Å². The summed E-state index contributed by atoms with van der Waals surface area (Å²) in [6.07, 6.45) is 0. The summed E-state index contributed by atoms with van der Waals surface area (Å²) in [4.78, 5) is 35.4. The Kier molecular flexibility index (Phi) is 6.49. The molecule has 0 radical (unpaired) electrons.